The lowest BCUT2D eigenvalue weighted by molar-refractivity contribution is -0.136. The molecule has 1 aliphatic rings. The number of aliphatic carboxylic acids is 1. The van der Waals surface area contributed by atoms with E-state index < -0.39 is 5.97 Å². The lowest BCUT2D eigenvalue weighted by Gasteiger charge is -2.42. The van der Waals surface area contributed by atoms with Crippen LogP contribution in [0.3, 0.4) is 0 Å². The molecule has 114 valence electrons. The third kappa shape index (κ3) is 4.63. The molecule has 0 atom stereocenters. The number of hydrogen-bond donors (Lipinski definition) is 3. The van der Waals surface area contributed by atoms with Gasteiger partial charge < -0.3 is 15.7 Å². The van der Waals surface area contributed by atoms with Gasteiger partial charge in [0.2, 0.25) is 0 Å². The summed E-state index contributed by atoms with van der Waals surface area (Å²) >= 11 is 5.87. The number of rotatable bonds is 6. The highest BCUT2D eigenvalue weighted by Gasteiger charge is 2.38. The second kappa shape index (κ2) is 6.80. The van der Waals surface area contributed by atoms with Crippen molar-refractivity contribution < 1.29 is 14.7 Å². The molecule has 0 saturated heterocycles. The first-order chi connectivity index (χ1) is 9.99. The lowest BCUT2D eigenvalue weighted by atomic mass is 9.73. The summed E-state index contributed by atoms with van der Waals surface area (Å²) < 4.78 is 0. The summed E-state index contributed by atoms with van der Waals surface area (Å²) in [6.07, 6.45) is 3.64. The van der Waals surface area contributed by atoms with Crippen LogP contribution in [-0.4, -0.2) is 29.2 Å². The van der Waals surface area contributed by atoms with Crippen LogP contribution < -0.4 is 10.6 Å². The average molecular weight is 311 g/mol. The van der Waals surface area contributed by atoms with Gasteiger partial charge >= 0.3 is 12.0 Å². The van der Waals surface area contributed by atoms with Gasteiger partial charge in [-0.05, 0) is 43.4 Å². The number of hydrogen-bond acceptors (Lipinski definition) is 2. The molecule has 0 spiro atoms. The van der Waals surface area contributed by atoms with Crippen molar-refractivity contribution in [2.24, 2.45) is 0 Å². The summed E-state index contributed by atoms with van der Waals surface area (Å²) in [5, 5.41) is 14.8. The summed E-state index contributed by atoms with van der Waals surface area (Å²) in [5.74, 6) is -0.921. The van der Waals surface area contributed by atoms with E-state index >= 15 is 0 Å². The lowest BCUT2D eigenvalue weighted by Crippen LogP contribution is -2.57. The molecule has 0 bridgehead atoms. The maximum Gasteiger partial charge on any atom is 0.315 e. The molecule has 21 heavy (non-hydrogen) atoms. The van der Waals surface area contributed by atoms with Crippen molar-refractivity contribution >= 4 is 23.6 Å². The molecule has 0 radical (unpaired) electrons. The number of carboxylic acid groups (broad SMARTS) is 1. The second-order valence-electron chi connectivity index (χ2n) is 5.46. The maximum atomic E-state index is 11.8. The van der Waals surface area contributed by atoms with Crippen molar-refractivity contribution in [3.63, 3.8) is 0 Å². The smallest absolute Gasteiger partial charge is 0.315 e. The average Bonchev–Trinajstić information content (AvgIpc) is 2.38. The Bertz CT molecular complexity index is 512. The van der Waals surface area contributed by atoms with Gasteiger partial charge in [-0.15, -0.1) is 0 Å². The molecule has 6 heteroatoms. The predicted octanol–water partition coefficient (Wildman–Crippen LogP) is 2.58. The molecule has 2 amide bonds. The summed E-state index contributed by atoms with van der Waals surface area (Å²) in [4.78, 5) is 22.3. The molecule has 0 aliphatic heterocycles. The van der Waals surface area contributed by atoms with Gasteiger partial charge in [0.15, 0.2) is 0 Å². The molecule has 1 fully saturated rings. The molecule has 3 N–H and O–H groups in total. The third-order valence-corrected chi connectivity index (χ3v) is 4.02. The van der Waals surface area contributed by atoms with Crippen molar-refractivity contribution in [2.45, 2.75) is 37.6 Å². The number of halogens is 1. The van der Waals surface area contributed by atoms with E-state index in [1.165, 1.54) is 0 Å². The number of carbonyl (C=O) groups is 2. The fraction of sp³-hybridized carbons (Fsp3) is 0.467. The van der Waals surface area contributed by atoms with Crippen molar-refractivity contribution in [3.8, 4) is 0 Å². The monoisotopic (exact) mass is 310 g/mol. The molecule has 1 aliphatic carbocycles. The van der Waals surface area contributed by atoms with E-state index in [4.69, 9.17) is 16.7 Å². The molecular weight excluding hydrogens is 292 g/mol. The van der Waals surface area contributed by atoms with Crippen LogP contribution in [0.25, 0.3) is 0 Å². The number of nitrogens with one attached hydrogen (secondary N) is 2. The van der Waals surface area contributed by atoms with Crippen LogP contribution in [0.2, 0.25) is 5.02 Å². The summed E-state index contributed by atoms with van der Waals surface area (Å²) in [5.41, 5.74) is 0.908. The van der Waals surface area contributed by atoms with Gasteiger partial charge in [-0.2, -0.15) is 0 Å². The molecule has 0 unspecified atom stereocenters. The van der Waals surface area contributed by atoms with Gasteiger partial charge in [-0.1, -0.05) is 23.7 Å². The quantitative estimate of drug-likeness (QED) is 0.755. The zero-order chi connectivity index (χ0) is 15.3. The summed E-state index contributed by atoms with van der Waals surface area (Å²) in [6, 6.07) is 7.32. The van der Waals surface area contributed by atoms with E-state index in [-0.39, 0.29) is 24.5 Å². The van der Waals surface area contributed by atoms with Gasteiger partial charge in [0.1, 0.15) is 0 Å². The van der Waals surface area contributed by atoms with Crippen molar-refractivity contribution in [1.29, 1.82) is 0 Å². The van der Waals surface area contributed by atoms with Gasteiger partial charge in [-0.25, -0.2) is 4.79 Å². The number of amides is 2. The summed E-state index contributed by atoms with van der Waals surface area (Å²) in [6.45, 7) is 0.137. The molecule has 2 rings (SSSR count). The molecule has 1 aromatic rings. The standard InChI is InChI=1S/C15H19ClN2O3/c16-12-4-2-11(3-5-12)10-15(7-1-8-15)18-14(21)17-9-6-13(19)20/h2-5H,1,6-10H2,(H,19,20)(H2,17,18,21). The summed E-state index contributed by atoms with van der Waals surface area (Å²) in [7, 11) is 0. The zero-order valence-corrected chi connectivity index (χ0v) is 12.4. The Morgan fingerprint density at radius 2 is 1.90 bits per heavy atom. The minimum atomic E-state index is -0.921. The fourth-order valence-electron chi connectivity index (χ4n) is 2.51. The van der Waals surface area contributed by atoms with Crippen LogP contribution in [0.5, 0.6) is 0 Å². The minimum Gasteiger partial charge on any atom is -0.481 e. The van der Waals surface area contributed by atoms with Crippen LogP contribution >= 0.6 is 11.6 Å². The Balaban J connectivity index is 1.87. The van der Waals surface area contributed by atoms with Crippen LogP contribution in [0.15, 0.2) is 24.3 Å². The number of carboxylic acids is 1. The number of benzene rings is 1. The highest BCUT2D eigenvalue weighted by Crippen LogP contribution is 2.35. The van der Waals surface area contributed by atoms with Crippen LogP contribution in [0.4, 0.5) is 4.79 Å². The first-order valence-corrected chi connectivity index (χ1v) is 7.39. The molecule has 1 saturated carbocycles. The first kappa shape index (κ1) is 15.6. The topological polar surface area (TPSA) is 78.4 Å². The molecular formula is C15H19ClN2O3. The molecule has 1 aromatic carbocycles. The highest BCUT2D eigenvalue weighted by atomic mass is 35.5. The van der Waals surface area contributed by atoms with Gasteiger partial charge in [0.05, 0.1) is 6.42 Å². The Kier molecular flexibility index (Phi) is 5.07. The van der Waals surface area contributed by atoms with E-state index in [1.54, 1.807) is 0 Å². The van der Waals surface area contributed by atoms with Gasteiger partial charge in [0, 0.05) is 17.1 Å². The number of urea groups is 1. The van der Waals surface area contributed by atoms with Crippen LogP contribution in [0, 0.1) is 0 Å². The van der Waals surface area contributed by atoms with E-state index in [2.05, 4.69) is 10.6 Å². The van der Waals surface area contributed by atoms with Crippen LogP contribution in [-0.2, 0) is 11.2 Å². The first-order valence-electron chi connectivity index (χ1n) is 7.01. The maximum absolute atomic E-state index is 11.8. The Morgan fingerprint density at radius 1 is 1.24 bits per heavy atom. The fourth-order valence-corrected chi connectivity index (χ4v) is 2.64. The predicted molar refractivity (Wildman–Crippen MR) is 80.5 cm³/mol. The van der Waals surface area contributed by atoms with Crippen molar-refractivity contribution in [2.75, 3.05) is 6.54 Å². The highest BCUT2D eigenvalue weighted by molar-refractivity contribution is 6.30. The van der Waals surface area contributed by atoms with E-state index in [0.29, 0.717) is 5.02 Å². The second-order valence-corrected chi connectivity index (χ2v) is 5.90. The normalized spacial score (nSPS) is 15.9. The Hall–Kier alpha value is -1.75. The number of carbonyl (C=O) groups excluding carboxylic acids is 1. The van der Waals surface area contributed by atoms with E-state index in [9.17, 15) is 9.59 Å². The van der Waals surface area contributed by atoms with Gasteiger partial charge in [-0.3, -0.25) is 4.79 Å². The zero-order valence-electron chi connectivity index (χ0n) is 11.7. The SMILES string of the molecule is O=C(O)CCNC(=O)NC1(Cc2ccc(Cl)cc2)CCC1. The van der Waals surface area contributed by atoms with E-state index in [0.717, 1.165) is 31.2 Å². The molecule has 0 aromatic heterocycles. The van der Waals surface area contributed by atoms with Gasteiger partial charge in [0.25, 0.3) is 0 Å². The van der Waals surface area contributed by atoms with Crippen molar-refractivity contribution in [1.82, 2.24) is 10.6 Å². The van der Waals surface area contributed by atoms with Crippen LogP contribution in [0.1, 0.15) is 31.2 Å². The Labute approximate surface area is 128 Å². The molecule has 5 nitrogen and oxygen atoms in total. The Morgan fingerprint density at radius 3 is 2.43 bits per heavy atom. The molecule has 0 heterocycles. The third-order valence-electron chi connectivity index (χ3n) is 3.77. The van der Waals surface area contributed by atoms with Crippen molar-refractivity contribution in [3.05, 3.63) is 34.9 Å². The largest absolute Gasteiger partial charge is 0.481 e. The minimum absolute atomic E-state index is 0.0718. The van der Waals surface area contributed by atoms with E-state index in [1.807, 2.05) is 24.3 Å².